The highest BCUT2D eigenvalue weighted by molar-refractivity contribution is 7.87. The number of ether oxygens (including phenoxy) is 2. The maximum atomic E-state index is 15.4. The molecule has 0 fully saturated rings. The Morgan fingerprint density at radius 2 is 0.672 bits per heavy atom. The lowest BCUT2D eigenvalue weighted by molar-refractivity contribution is 0.360. The number of halogens is 8. The van der Waals surface area contributed by atoms with Gasteiger partial charge in [-0.15, -0.1) is 0 Å². The Kier molecular flexibility index (Phi) is 10.3. The van der Waals surface area contributed by atoms with E-state index >= 15 is 35.1 Å². The van der Waals surface area contributed by atoms with E-state index in [1.54, 1.807) is 0 Å². The fourth-order valence-corrected chi connectivity index (χ4v) is 8.18. The largest absolute Gasteiger partial charge is 0.451 e. The Bertz CT molecular complexity index is 3000. The molecule has 0 saturated carbocycles. The fourth-order valence-electron chi connectivity index (χ4n) is 5.48. The third-order valence-corrected chi connectivity index (χ3v) is 11.5. The standard InChI is InChI=1S/C32H14F8O14S4/c33-23-21(24(34)28(38)31(27(23)37)53-13-3-1-11-5-15(55(41,42)43)9-19(17(11)7-13)57(47,48)49)22-25(35)29(39)32(30(40)26(22)36)54-14-4-2-12-6-16(56(44,45)46)10-20(18(12)8-14)58(50,51)52/h1-10H,(H,41,42,43)(H,44,45,46)(H,47,48,49)(H,50,51,52). The van der Waals surface area contributed by atoms with Crippen LogP contribution in [0, 0.1) is 46.5 Å². The molecular formula is C32H14F8O14S4. The van der Waals surface area contributed by atoms with E-state index in [4.69, 9.17) is 9.47 Å². The third kappa shape index (κ3) is 7.50. The Balaban J connectivity index is 1.43. The van der Waals surface area contributed by atoms with Gasteiger partial charge in [0.1, 0.15) is 21.3 Å². The molecule has 6 aromatic rings. The summed E-state index contributed by atoms with van der Waals surface area (Å²) in [6.07, 6.45) is 0. The van der Waals surface area contributed by atoms with E-state index < -0.39 is 151 Å². The van der Waals surface area contributed by atoms with Crippen molar-refractivity contribution >= 4 is 62.0 Å². The highest BCUT2D eigenvalue weighted by Crippen LogP contribution is 2.44. The van der Waals surface area contributed by atoms with Crippen molar-refractivity contribution in [1.82, 2.24) is 0 Å². The molecule has 58 heavy (non-hydrogen) atoms. The van der Waals surface area contributed by atoms with Crippen molar-refractivity contribution in [2.45, 2.75) is 19.6 Å². The average molecular weight is 903 g/mol. The zero-order chi connectivity index (χ0) is 43.2. The van der Waals surface area contributed by atoms with E-state index in [1.807, 2.05) is 0 Å². The van der Waals surface area contributed by atoms with Crippen LogP contribution in [0.1, 0.15) is 0 Å². The molecule has 0 aromatic heterocycles. The van der Waals surface area contributed by atoms with Crippen LogP contribution in [0.4, 0.5) is 35.1 Å². The Morgan fingerprint density at radius 3 is 0.931 bits per heavy atom. The molecule has 0 unspecified atom stereocenters. The minimum absolute atomic E-state index is 0.273. The lowest BCUT2D eigenvalue weighted by atomic mass is 10.0. The Hall–Kier alpha value is -5.48. The Labute approximate surface area is 318 Å². The topological polar surface area (TPSA) is 236 Å². The highest BCUT2D eigenvalue weighted by Gasteiger charge is 2.36. The van der Waals surface area contributed by atoms with E-state index in [2.05, 4.69) is 0 Å². The smallest absolute Gasteiger partial charge is 0.295 e. The van der Waals surface area contributed by atoms with Gasteiger partial charge >= 0.3 is 0 Å². The van der Waals surface area contributed by atoms with Crippen molar-refractivity contribution < 1.29 is 96.5 Å². The Morgan fingerprint density at radius 1 is 0.379 bits per heavy atom. The van der Waals surface area contributed by atoms with Crippen LogP contribution in [0.15, 0.2) is 80.2 Å². The SMILES string of the molecule is O=S(=O)(O)c1cc(S(=O)(=O)O)c2cc(Oc3c(F)c(F)c(-c4c(F)c(F)c(Oc5ccc6cc(S(=O)(=O)O)cc(S(=O)(=O)O)c6c5)c(F)c4F)c(F)c3F)ccc2c1. The van der Waals surface area contributed by atoms with Gasteiger partial charge in [-0.05, 0) is 59.3 Å². The van der Waals surface area contributed by atoms with Crippen molar-refractivity contribution in [3.63, 3.8) is 0 Å². The van der Waals surface area contributed by atoms with Crippen molar-refractivity contribution in [2.75, 3.05) is 0 Å². The van der Waals surface area contributed by atoms with Crippen molar-refractivity contribution in [3.05, 3.63) is 107 Å². The summed E-state index contributed by atoms with van der Waals surface area (Å²) in [5.41, 5.74) is -4.74. The molecular weight excluding hydrogens is 889 g/mol. The van der Waals surface area contributed by atoms with Gasteiger partial charge in [-0.1, -0.05) is 12.1 Å². The predicted octanol–water partition coefficient (Wildman–Crippen LogP) is 7.34. The second kappa shape index (κ2) is 14.1. The quantitative estimate of drug-likeness (QED) is 0.0631. The molecule has 0 saturated heterocycles. The molecule has 0 heterocycles. The first-order chi connectivity index (χ1) is 26.6. The monoisotopic (exact) mass is 902 g/mol. The number of hydrogen-bond acceptors (Lipinski definition) is 10. The van der Waals surface area contributed by atoms with Gasteiger partial charge in [0.2, 0.25) is 34.8 Å². The van der Waals surface area contributed by atoms with E-state index in [0.717, 1.165) is 12.1 Å². The lowest BCUT2D eigenvalue weighted by Gasteiger charge is -2.17. The van der Waals surface area contributed by atoms with E-state index in [0.29, 0.717) is 36.4 Å². The summed E-state index contributed by atoms with van der Waals surface area (Å²) in [5.74, 6) is -27.0. The zero-order valence-corrected chi connectivity index (χ0v) is 30.6. The molecule has 0 aliphatic heterocycles. The van der Waals surface area contributed by atoms with Crippen LogP contribution in [0.5, 0.6) is 23.0 Å². The molecule has 6 aromatic carbocycles. The van der Waals surface area contributed by atoms with Gasteiger partial charge in [0.15, 0.2) is 23.3 Å². The van der Waals surface area contributed by atoms with Crippen LogP contribution >= 0.6 is 0 Å². The van der Waals surface area contributed by atoms with E-state index in [9.17, 15) is 51.9 Å². The highest BCUT2D eigenvalue weighted by atomic mass is 32.2. The molecule has 0 spiro atoms. The predicted molar refractivity (Wildman–Crippen MR) is 179 cm³/mol. The summed E-state index contributed by atoms with van der Waals surface area (Å²) in [7, 11) is -20.8. The maximum absolute atomic E-state index is 15.4. The summed E-state index contributed by atoms with van der Waals surface area (Å²) in [5, 5.41) is -2.03. The molecule has 26 heteroatoms. The second-order valence-electron chi connectivity index (χ2n) is 11.6. The van der Waals surface area contributed by atoms with Crippen LogP contribution in [-0.4, -0.2) is 51.9 Å². The van der Waals surface area contributed by atoms with Gasteiger partial charge < -0.3 is 9.47 Å². The average Bonchev–Trinajstić information content (AvgIpc) is 3.12. The minimum atomic E-state index is -5.32. The first-order valence-electron chi connectivity index (χ1n) is 14.7. The summed E-state index contributed by atoms with van der Waals surface area (Å²) in [6, 6.07) is 6.07. The molecule has 14 nitrogen and oxygen atoms in total. The van der Waals surface area contributed by atoms with Crippen LogP contribution in [0.25, 0.3) is 32.7 Å². The number of benzene rings is 6. The summed E-state index contributed by atoms with van der Waals surface area (Å²) in [4.78, 5) is -4.49. The molecule has 0 bridgehead atoms. The zero-order valence-electron chi connectivity index (χ0n) is 27.3. The maximum Gasteiger partial charge on any atom is 0.295 e. The first kappa shape index (κ1) is 42.1. The summed E-state index contributed by atoms with van der Waals surface area (Å²) < 4.78 is 264. The third-order valence-electron chi connectivity index (χ3n) is 8.01. The minimum Gasteiger partial charge on any atom is -0.451 e. The molecule has 306 valence electrons. The van der Waals surface area contributed by atoms with Crippen molar-refractivity contribution in [1.29, 1.82) is 0 Å². The molecule has 6 rings (SSSR count). The lowest BCUT2D eigenvalue weighted by Crippen LogP contribution is -2.09. The number of fused-ring (bicyclic) bond motifs is 2. The normalized spacial score (nSPS) is 12.7. The first-order valence-corrected chi connectivity index (χ1v) is 20.5. The van der Waals surface area contributed by atoms with Crippen LogP contribution < -0.4 is 9.47 Å². The van der Waals surface area contributed by atoms with Gasteiger partial charge in [-0.2, -0.15) is 51.2 Å². The van der Waals surface area contributed by atoms with Gasteiger partial charge in [-0.3, -0.25) is 18.2 Å². The second-order valence-corrected chi connectivity index (χ2v) is 17.3. The van der Waals surface area contributed by atoms with E-state index in [-0.39, 0.29) is 22.9 Å². The molecule has 0 radical (unpaired) electrons. The summed E-state index contributed by atoms with van der Waals surface area (Å²) in [6.45, 7) is 0. The van der Waals surface area contributed by atoms with Crippen molar-refractivity contribution in [3.8, 4) is 34.1 Å². The fraction of sp³-hybridized carbons (Fsp3) is 0. The van der Waals surface area contributed by atoms with E-state index in [1.165, 1.54) is 0 Å². The van der Waals surface area contributed by atoms with Gasteiger partial charge in [0.25, 0.3) is 40.5 Å². The molecule has 0 atom stereocenters. The molecule has 4 N–H and O–H groups in total. The van der Waals surface area contributed by atoms with Crippen molar-refractivity contribution in [2.24, 2.45) is 0 Å². The molecule has 0 aliphatic carbocycles. The number of rotatable bonds is 9. The van der Waals surface area contributed by atoms with Crippen LogP contribution in [0.2, 0.25) is 0 Å². The van der Waals surface area contributed by atoms with Gasteiger partial charge in [0, 0.05) is 10.8 Å². The number of hydrogen-bond donors (Lipinski definition) is 4. The van der Waals surface area contributed by atoms with Gasteiger partial charge in [0.05, 0.1) is 20.9 Å². The van der Waals surface area contributed by atoms with Gasteiger partial charge in [-0.25, -0.2) is 17.6 Å². The summed E-state index contributed by atoms with van der Waals surface area (Å²) >= 11 is 0. The van der Waals surface area contributed by atoms with Crippen LogP contribution in [-0.2, 0) is 40.5 Å². The van der Waals surface area contributed by atoms with Crippen LogP contribution in [0.3, 0.4) is 0 Å². The molecule has 0 aliphatic rings. The molecule has 0 amide bonds.